The van der Waals surface area contributed by atoms with Gasteiger partial charge in [0.1, 0.15) is 0 Å². The summed E-state index contributed by atoms with van der Waals surface area (Å²) in [5, 5.41) is 0. The van der Waals surface area contributed by atoms with Crippen LogP contribution in [0.4, 0.5) is 0 Å². The van der Waals surface area contributed by atoms with E-state index in [2.05, 4.69) is 0 Å². The molecule has 0 rings (SSSR count). The van der Waals surface area contributed by atoms with Crippen LogP contribution in [0, 0.1) is 0 Å². The second-order valence-corrected chi connectivity index (χ2v) is 1.85. The zero-order chi connectivity index (χ0) is 4.50. The summed E-state index contributed by atoms with van der Waals surface area (Å²) < 4.78 is 31.9. The van der Waals surface area contributed by atoms with E-state index >= 15 is 0 Å². The van der Waals surface area contributed by atoms with Gasteiger partial charge in [-0.15, -0.1) is 0 Å². The van der Waals surface area contributed by atoms with Crippen LogP contribution in [0.15, 0.2) is 0 Å². The van der Waals surface area contributed by atoms with Crippen molar-refractivity contribution < 1.29 is 60.8 Å². The van der Waals surface area contributed by atoms with Gasteiger partial charge in [-0.2, -0.15) is 0 Å². The molecule has 8 heavy (non-hydrogen) atoms. The van der Waals surface area contributed by atoms with Crippen LogP contribution >= 0.6 is 0 Å². The van der Waals surface area contributed by atoms with Crippen LogP contribution in [-0.2, 0) is 21.2 Å². The standard InChI is InChI=1S/Cr.Li.4H2O.2O.H/h;;4*1H2;;;/q+2;+1;;;;;;;-1/p-2. The van der Waals surface area contributed by atoms with Gasteiger partial charge in [0, 0.05) is 0 Å². The van der Waals surface area contributed by atoms with Gasteiger partial charge in [-0.1, -0.05) is 0 Å². The van der Waals surface area contributed by atoms with Gasteiger partial charge in [0.05, 0.1) is 0 Å². The topological polar surface area (TPSA) is 138 Å². The molecule has 0 bridgehead atoms. The van der Waals surface area contributed by atoms with Gasteiger partial charge in [-0.05, 0) is 0 Å². The zero-order valence-electron chi connectivity index (χ0n) is 5.12. The predicted molar refractivity (Wildman–Crippen MR) is 14.2 cm³/mol. The SMILES string of the molecule is O.O.[H-].[Li+].[O]=[Cr](=[O])([OH])[OH]. The van der Waals surface area contributed by atoms with Crippen molar-refractivity contribution in [3.8, 4) is 0 Å². The van der Waals surface area contributed by atoms with E-state index in [9.17, 15) is 0 Å². The van der Waals surface area contributed by atoms with Crippen molar-refractivity contribution in [3.05, 3.63) is 0 Å². The Morgan fingerprint density at radius 2 is 1.12 bits per heavy atom. The van der Waals surface area contributed by atoms with E-state index < -0.39 is 13.6 Å². The molecule has 0 aromatic carbocycles. The van der Waals surface area contributed by atoms with E-state index in [0.29, 0.717) is 0 Å². The van der Waals surface area contributed by atoms with E-state index in [1.54, 1.807) is 0 Å². The molecule has 0 aromatic rings. The fourth-order valence-electron chi connectivity index (χ4n) is 0. The third-order valence-electron chi connectivity index (χ3n) is 0. The van der Waals surface area contributed by atoms with Gasteiger partial charge in [0.15, 0.2) is 0 Å². The van der Waals surface area contributed by atoms with E-state index in [1.807, 2.05) is 0 Å². The third-order valence-corrected chi connectivity index (χ3v) is 0. The molecule has 8 heteroatoms. The summed E-state index contributed by atoms with van der Waals surface area (Å²) in [6.07, 6.45) is 0. The molecule has 0 spiro atoms. The molecule has 6 N–H and O–H groups in total. The first-order valence-corrected chi connectivity index (χ1v) is 2.88. The van der Waals surface area contributed by atoms with Crippen molar-refractivity contribution in [3.63, 3.8) is 0 Å². The first-order valence-electron chi connectivity index (χ1n) is 0.698. The van der Waals surface area contributed by atoms with Crippen molar-refractivity contribution >= 4 is 0 Å². The summed E-state index contributed by atoms with van der Waals surface area (Å²) in [6, 6.07) is 0. The monoisotopic (exact) mass is 162 g/mol. The van der Waals surface area contributed by atoms with Gasteiger partial charge in [0.2, 0.25) is 0 Å². The molecule has 0 fully saturated rings. The molecule has 0 saturated heterocycles. The zero-order valence-corrected chi connectivity index (χ0v) is 5.39. The van der Waals surface area contributed by atoms with Crippen LogP contribution < -0.4 is 18.9 Å². The second kappa shape index (κ2) is 7.57. The number of hydrogen-bond acceptors (Lipinski definition) is 2. The Morgan fingerprint density at radius 1 is 1.12 bits per heavy atom. The molecule has 0 atom stereocenters. The van der Waals surface area contributed by atoms with Gasteiger partial charge < -0.3 is 12.4 Å². The third kappa shape index (κ3) is 628. The van der Waals surface area contributed by atoms with E-state index in [4.69, 9.17) is 15.9 Å². The second-order valence-electron chi connectivity index (χ2n) is 0.448. The Morgan fingerprint density at radius 3 is 1.12 bits per heavy atom. The average Bonchev–Trinajstić information content (AvgIpc) is 0.722. The molecule has 6 nitrogen and oxygen atoms in total. The summed E-state index contributed by atoms with van der Waals surface area (Å²) in [5.41, 5.74) is 0. The van der Waals surface area contributed by atoms with Crippen molar-refractivity contribution in [2.45, 2.75) is 0 Å². The summed E-state index contributed by atoms with van der Waals surface area (Å²) in [7, 11) is 0. The number of hydrogen-bond donors (Lipinski definition) is 2. The van der Waals surface area contributed by atoms with E-state index in [1.165, 1.54) is 0 Å². The van der Waals surface area contributed by atoms with Gasteiger partial charge in [-0.3, -0.25) is 0 Å². The van der Waals surface area contributed by atoms with E-state index in [-0.39, 0.29) is 31.2 Å². The van der Waals surface area contributed by atoms with Crippen molar-refractivity contribution in [2.24, 2.45) is 0 Å². The molecule has 50 valence electrons. The molecule has 0 aliphatic heterocycles. The summed E-state index contributed by atoms with van der Waals surface area (Å²) >= 11 is -5.25. The maximum atomic E-state index is 8.82. The Kier molecular flexibility index (Phi) is 22.3. The normalized spacial score (nSPS) is 7.25. The average molecular weight is 162 g/mol. The molecule has 0 aromatic heterocycles. The Bertz CT molecular complexity index is 96.2. The molecule has 0 unspecified atom stereocenters. The van der Waals surface area contributed by atoms with Crippen LogP contribution in [0.25, 0.3) is 0 Å². The van der Waals surface area contributed by atoms with E-state index in [0.717, 1.165) is 0 Å². The van der Waals surface area contributed by atoms with Crippen molar-refractivity contribution in [1.29, 1.82) is 0 Å². The van der Waals surface area contributed by atoms with Crippen molar-refractivity contribution in [2.75, 3.05) is 0 Å². The maximum absolute atomic E-state index is 8.82. The van der Waals surface area contributed by atoms with Crippen LogP contribution in [0.2, 0.25) is 0 Å². The fourth-order valence-corrected chi connectivity index (χ4v) is 0. The Labute approximate surface area is 61.2 Å². The van der Waals surface area contributed by atoms with Gasteiger partial charge in [-0.25, -0.2) is 0 Å². The summed E-state index contributed by atoms with van der Waals surface area (Å²) in [6.45, 7) is 0. The molecular formula is H7CrLiO6. The first kappa shape index (κ1) is 23.5. The van der Waals surface area contributed by atoms with Crippen LogP contribution in [0.3, 0.4) is 0 Å². The molecule has 0 aliphatic carbocycles. The Balaban J connectivity index is -0.0000000133. The molecule has 0 amide bonds. The van der Waals surface area contributed by atoms with Crippen LogP contribution in [-0.4, -0.2) is 19.3 Å². The first-order chi connectivity index (χ1) is 2.00. The molecular weight excluding hydrogens is 155 g/mol. The quantitative estimate of drug-likeness (QED) is 0.342. The van der Waals surface area contributed by atoms with Crippen LogP contribution in [0.1, 0.15) is 1.43 Å². The van der Waals surface area contributed by atoms with Gasteiger partial charge in [0.25, 0.3) is 0 Å². The summed E-state index contributed by atoms with van der Waals surface area (Å²) in [5.74, 6) is 0. The minimum absolute atomic E-state index is 0. The Hall–Kier alpha value is 0.570. The molecule has 0 aliphatic rings. The van der Waals surface area contributed by atoms with Gasteiger partial charge >= 0.3 is 48.4 Å². The predicted octanol–water partition coefficient (Wildman–Crippen LogP) is -5.89. The molecule has 0 radical (unpaired) electrons. The van der Waals surface area contributed by atoms with Crippen molar-refractivity contribution in [1.82, 2.24) is 0 Å². The minimum atomic E-state index is -5.25. The molecule has 0 heterocycles. The molecule has 0 saturated carbocycles. The number of rotatable bonds is 0. The fraction of sp³-hybridized carbons (Fsp3) is 0. The van der Waals surface area contributed by atoms with Crippen LogP contribution in [0.5, 0.6) is 0 Å². The summed E-state index contributed by atoms with van der Waals surface area (Å²) in [4.78, 5) is 0.